The third kappa shape index (κ3) is 5.10. The van der Waals surface area contributed by atoms with E-state index < -0.39 is 22.8 Å². The average molecular weight is 488 g/mol. The van der Waals surface area contributed by atoms with Gasteiger partial charge in [0.05, 0.1) is 23.8 Å². The van der Waals surface area contributed by atoms with Crippen molar-refractivity contribution in [2.24, 2.45) is 5.92 Å². The Labute approximate surface area is 201 Å². The third-order valence-corrected chi connectivity index (χ3v) is 6.74. The minimum Gasteiger partial charge on any atom is -0.493 e. The van der Waals surface area contributed by atoms with Gasteiger partial charge < -0.3 is 19.5 Å². The molecule has 1 heterocycles. The molecule has 0 saturated heterocycles. The van der Waals surface area contributed by atoms with E-state index in [4.69, 9.17) is 16.3 Å². The molecule has 0 unspecified atom stereocenters. The van der Waals surface area contributed by atoms with Crippen LogP contribution in [0.3, 0.4) is 0 Å². The summed E-state index contributed by atoms with van der Waals surface area (Å²) < 4.78 is 22.4. The summed E-state index contributed by atoms with van der Waals surface area (Å²) in [5.74, 6) is -0.959. The molecule has 1 aliphatic rings. The number of aromatic carboxylic acids is 1. The number of carbonyl (C=O) groups is 1. The molecule has 1 saturated carbocycles. The predicted molar refractivity (Wildman–Crippen MR) is 129 cm³/mol. The molecule has 2 N–H and O–H groups in total. The number of benzene rings is 2. The Hall–Kier alpha value is -2.90. The van der Waals surface area contributed by atoms with Crippen molar-refractivity contribution in [1.82, 2.24) is 4.57 Å². The fraction of sp³-hybridized carbons (Fsp3) is 0.385. The molecule has 34 heavy (non-hydrogen) atoms. The highest BCUT2D eigenvalue weighted by molar-refractivity contribution is 6.30. The molecule has 180 valence electrons. The molecule has 0 aliphatic heterocycles. The standard InChI is InChI=1S/C26H27ClFNO5/c27-21-8-4-7-17(24(21)28)11-18-12-19-22(13-23(18)34-15-16-5-2-1-3-6-16)29(9-10-30)14-20(25(19)31)26(32)33/h4,7-8,12-14,16,30H,1-3,5-6,9-11,15H2,(H,32,33). The number of fused-ring (bicyclic) bond motifs is 1. The summed E-state index contributed by atoms with van der Waals surface area (Å²) in [6.07, 6.45) is 7.10. The summed E-state index contributed by atoms with van der Waals surface area (Å²) in [7, 11) is 0. The summed E-state index contributed by atoms with van der Waals surface area (Å²) in [5, 5.41) is 19.2. The maximum Gasteiger partial charge on any atom is 0.341 e. The Kier molecular flexibility index (Phi) is 7.54. The van der Waals surface area contributed by atoms with Crippen LogP contribution in [0.25, 0.3) is 10.9 Å². The SMILES string of the molecule is O=C(O)c1cn(CCO)c2cc(OCC3CCCCC3)c(Cc3cccc(Cl)c3F)cc2c1=O. The second kappa shape index (κ2) is 10.6. The predicted octanol–water partition coefficient (Wildman–Crippen LogP) is 5.03. The summed E-state index contributed by atoms with van der Waals surface area (Å²) in [4.78, 5) is 24.6. The first-order valence-electron chi connectivity index (χ1n) is 11.5. The van der Waals surface area contributed by atoms with Gasteiger partial charge >= 0.3 is 5.97 Å². The van der Waals surface area contributed by atoms with Crippen molar-refractivity contribution in [3.05, 3.63) is 74.3 Å². The number of carboxylic acid groups (broad SMARTS) is 1. The van der Waals surface area contributed by atoms with Crippen molar-refractivity contribution < 1.29 is 24.1 Å². The largest absolute Gasteiger partial charge is 0.493 e. The van der Waals surface area contributed by atoms with E-state index in [0.717, 1.165) is 12.8 Å². The molecule has 0 radical (unpaired) electrons. The number of nitrogens with zero attached hydrogens (tertiary/aromatic N) is 1. The highest BCUT2D eigenvalue weighted by atomic mass is 35.5. The quantitative estimate of drug-likeness (QED) is 0.465. The number of ether oxygens (including phenoxy) is 1. The van der Waals surface area contributed by atoms with Crippen LogP contribution in [0.2, 0.25) is 5.02 Å². The van der Waals surface area contributed by atoms with Gasteiger partial charge in [-0.25, -0.2) is 9.18 Å². The summed E-state index contributed by atoms with van der Waals surface area (Å²) in [6.45, 7) is 0.389. The minimum atomic E-state index is -1.35. The monoisotopic (exact) mass is 487 g/mol. The lowest BCUT2D eigenvalue weighted by molar-refractivity contribution is 0.0694. The minimum absolute atomic E-state index is 0.00132. The van der Waals surface area contributed by atoms with Crippen LogP contribution in [-0.2, 0) is 13.0 Å². The highest BCUT2D eigenvalue weighted by Crippen LogP contribution is 2.31. The van der Waals surface area contributed by atoms with E-state index in [0.29, 0.717) is 34.9 Å². The number of rotatable bonds is 8. The lowest BCUT2D eigenvalue weighted by atomic mass is 9.90. The first-order chi connectivity index (χ1) is 16.4. The van der Waals surface area contributed by atoms with Gasteiger partial charge in [0.1, 0.15) is 17.1 Å². The van der Waals surface area contributed by atoms with Gasteiger partial charge in [0.25, 0.3) is 0 Å². The fourth-order valence-corrected chi connectivity index (χ4v) is 4.83. The average Bonchev–Trinajstić information content (AvgIpc) is 2.83. The van der Waals surface area contributed by atoms with Gasteiger partial charge in [-0.3, -0.25) is 4.79 Å². The number of pyridine rings is 1. The van der Waals surface area contributed by atoms with Crippen LogP contribution < -0.4 is 10.2 Å². The summed E-state index contributed by atoms with van der Waals surface area (Å²) in [6, 6.07) is 8.01. The molecule has 4 rings (SSSR count). The summed E-state index contributed by atoms with van der Waals surface area (Å²) >= 11 is 5.97. The van der Waals surface area contributed by atoms with Crippen LogP contribution in [0, 0.1) is 11.7 Å². The van der Waals surface area contributed by atoms with E-state index in [1.165, 1.54) is 36.1 Å². The van der Waals surface area contributed by atoms with Crippen molar-refractivity contribution in [3.8, 4) is 5.75 Å². The van der Waals surface area contributed by atoms with Crippen LogP contribution in [0.15, 0.2) is 41.3 Å². The number of hydrogen-bond donors (Lipinski definition) is 2. The Bertz CT molecular complexity index is 1270. The molecule has 3 aromatic rings. The summed E-state index contributed by atoms with van der Waals surface area (Å²) in [5.41, 5.74) is 0.345. The molecule has 0 atom stereocenters. The fourth-order valence-electron chi connectivity index (χ4n) is 4.63. The zero-order valence-corrected chi connectivity index (χ0v) is 19.5. The van der Waals surface area contributed by atoms with Crippen molar-refractivity contribution in [1.29, 1.82) is 0 Å². The van der Waals surface area contributed by atoms with Crippen LogP contribution in [-0.4, -0.2) is 34.0 Å². The van der Waals surface area contributed by atoms with E-state index in [-0.39, 0.29) is 30.0 Å². The van der Waals surface area contributed by atoms with E-state index in [9.17, 15) is 24.2 Å². The second-order valence-electron chi connectivity index (χ2n) is 8.78. The smallest absolute Gasteiger partial charge is 0.341 e. The molecule has 1 fully saturated rings. The zero-order valence-electron chi connectivity index (χ0n) is 18.7. The second-order valence-corrected chi connectivity index (χ2v) is 9.18. The molecule has 2 aromatic carbocycles. The maximum atomic E-state index is 14.7. The molecular weight excluding hydrogens is 461 g/mol. The molecule has 1 aliphatic carbocycles. The van der Waals surface area contributed by atoms with Crippen molar-refractivity contribution >= 4 is 28.5 Å². The first-order valence-corrected chi connectivity index (χ1v) is 11.9. The van der Waals surface area contributed by atoms with E-state index >= 15 is 0 Å². The van der Waals surface area contributed by atoms with E-state index in [1.807, 2.05) is 0 Å². The molecule has 8 heteroatoms. The number of carboxylic acids is 1. The lowest BCUT2D eigenvalue weighted by Gasteiger charge is -2.23. The number of aromatic nitrogens is 1. The first kappa shape index (κ1) is 24.2. The van der Waals surface area contributed by atoms with Crippen LogP contribution in [0.4, 0.5) is 4.39 Å². The van der Waals surface area contributed by atoms with Gasteiger partial charge in [0.15, 0.2) is 0 Å². The van der Waals surface area contributed by atoms with Gasteiger partial charge in [0, 0.05) is 30.6 Å². The van der Waals surface area contributed by atoms with Crippen molar-refractivity contribution in [2.45, 2.75) is 45.1 Å². The van der Waals surface area contributed by atoms with Crippen LogP contribution in [0.1, 0.15) is 53.6 Å². The van der Waals surface area contributed by atoms with E-state index in [2.05, 4.69) is 0 Å². The van der Waals surface area contributed by atoms with Crippen LogP contribution in [0.5, 0.6) is 5.75 Å². The Morgan fingerprint density at radius 3 is 2.65 bits per heavy atom. The molecule has 0 spiro atoms. The number of aliphatic hydroxyl groups is 1. The third-order valence-electron chi connectivity index (χ3n) is 6.45. The normalized spacial score (nSPS) is 14.4. The molecule has 6 nitrogen and oxygen atoms in total. The Morgan fingerprint density at radius 1 is 1.18 bits per heavy atom. The molecule has 0 amide bonds. The Balaban J connectivity index is 1.84. The maximum absolute atomic E-state index is 14.7. The highest BCUT2D eigenvalue weighted by Gasteiger charge is 2.20. The van der Waals surface area contributed by atoms with Crippen molar-refractivity contribution in [2.75, 3.05) is 13.2 Å². The van der Waals surface area contributed by atoms with Gasteiger partial charge in [-0.1, -0.05) is 43.0 Å². The van der Waals surface area contributed by atoms with Crippen LogP contribution >= 0.6 is 11.6 Å². The van der Waals surface area contributed by atoms with Gasteiger partial charge in [-0.15, -0.1) is 0 Å². The van der Waals surface area contributed by atoms with Crippen molar-refractivity contribution in [3.63, 3.8) is 0 Å². The molecule has 0 bridgehead atoms. The van der Waals surface area contributed by atoms with E-state index in [1.54, 1.807) is 24.3 Å². The Morgan fingerprint density at radius 2 is 1.94 bits per heavy atom. The lowest BCUT2D eigenvalue weighted by Crippen LogP contribution is -2.20. The molecule has 1 aromatic heterocycles. The van der Waals surface area contributed by atoms with Gasteiger partial charge in [-0.2, -0.15) is 0 Å². The topological polar surface area (TPSA) is 88.8 Å². The zero-order chi connectivity index (χ0) is 24.2. The van der Waals surface area contributed by atoms with Gasteiger partial charge in [0.2, 0.25) is 5.43 Å². The number of hydrogen-bond acceptors (Lipinski definition) is 4. The number of aliphatic hydroxyl groups excluding tert-OH is 1. The van der Waals surface area contributed by atoms with Gasteiger partial charge in [-0.05, 0) is 42.0 Å². The number of halogens is 2. The molecular formula is C26H27ClFNO5.